The third-order valence-electron chi connectivity index (χ3n) is 5.93. The molecular weight excluding hydrogens is 493 g/mol. The molecule has 0 spiro atoms. The minimum Gasteiger partial charge on any atom is -0.488 e. The first-order valence-corrected chi connectivity index (χ1v) is 11.0. The molecule has 30 heavy (non-hydrogen) atoms. The van der Waals surface area contributed by atoms with E-state index in [9.17, 15) is 5.11 Å². The molecule has 1 atom stereocenters. The van der Waals surface area contributed by atoms with Crippen molar-refractivity contribution in [3.8, 4) is 5.75 Å². The molecule has 1 aliphatic rings. The lowest BCUT2D eigenvalue weighted by Crippen LogP contribution is -2.43. The molecule has 0 bridgehead atoms. The summed E-state index contributed by atoms with van der Waals surface area (Å²) in [5.41, 5.74) is 2.34. The van der Waals surface area contributed by atoms with E-state index in [0.717, 1.165) is 62.7 Å². The maximum Gasteiger partial charge on any atom is 0.191 e. The number of guanidine groups is 1. The third-order valence-corrected chi connectivity index (χ3v) is 5.93. The van der Waals surface area contributed by atoms with Crippen molar-refractivity contribution in [3.63, 3.8) is 0 Å². The van der Waals surface area contributed by atoms with Gasteiger partial charge in [-0.2, -0.15) is 0 Å². The zero-order chi connectivity index (χ0) is 21.1. The van der Waals surface area contributed by atoms with Gasteiger partial charge in [-0.1, -0.05) is 26.0 Å². The highest BCUT2D eigenvalue weighted by Gasteiger charge is 2.25. The fourth-order valence-corrected chi connectivity index (χ4v) is 3.64. The second-order valence-electron chi connectivity index (χ2n) is 7.94. The molecule has 0 saturated carbocycles. The van der Waals surface area contributed by atoms with Crippen LogP contribution in [0, 0.1) is 12.3 Å². The molecule has 1 fully saturated rings. The van der Waals surface area contributed by atoms with E-state index in [2.05, 4.69) is 56.5 Å². The van der Waals surface area contributed by atoms with Crippen LogP contribution >= 0.6 is 24.0 Å². The summed E-state index contributed by atoms with van der Waals surface area (Å²) in [6.45, 7) is 12.3. The van der Waals surface area contributed by atoms with Crippen LogP contribution < -0.4 is 15.4 Å². The minimum absolute atomic E-state index is 0. The van der Waals surface area contributed by atoms with Crippen molar-refractivity contribution in [2.45, 2.75) is 66.0 Å². The predicted octanol–water partition coefficient (Wildman–Crippen LogP) is 4.02. The predicted molar refractivity (Wildman–Crippen MR) is 134 cm³/mol. The van der Waals surface area contributed by atoms with Crippen LogP contribution in [0.15, 0.2) is 23.2 Å². The molecular formula is C23H40IN3O3. The van der Waals surface area contributed by atoms with Gasteiger partial charge in [-0.15, -0.1) is 24.0 Å². The number of nitrogens with zero attached hydrogens (tertiary/aromatic N) is 1. The van der Waals surface area contributed by atoms with E-state index in [1.165, 1.54) is 5.56 Å². The van der Waals surface area contributed by atoms with Crippen LogP contribution in [0.5, 0.6) is 5.75 Å². The molecule has 1 saturated heterocycles. The molecule has 172 valence electrons. The smallest absolute Gasteiger partial charge is 0.191 e. The maximum absolute atomic E-state index is 9.46. The number of aryl methyl sites for hydroxylation is 1. The molecule has 1 unspecified atom stereocenters. The molecule has 1 heterocycles. The topological polar surface area (TPSA) is 75.1 Å². The SMILES string of the molecule is CCNC(=NCc1ccc(C)cc1OC1CCOC1)NCC(CC)(CC)CCO.I. The number of rotatable bonds is 11. The number of ether oxygens (including phenoxy) is 2. The maximum atomic E-state index is 9.46. The lowest BCUT2D eigenvalue weighted by Gasteiger charge is -2.32. The Bertz CT molecular complexity index is 645. The fraction of sp³-hybridized carbons (Fsp3) is 0.696. The van der Waals surface area contributed by atoms with Gasteiger partial charge in [-0.3, -0.25) is 0 Å². The lowest BCUT2D eigenvalue weighted by atomic mass is 9.79. The number of aliphatic hydroxyl groups is 1. The van der Waals surface area contributed by atoms with Gasteiger partial charge >= 0.3 is 0 Å². The number of aliphatic imine (C=N–C) groups is 1. The molecule has 0 aliphatic carbocycles. The first kappa shape index (κ1) is 27.0. The van der Waals surface area contributed by atoms with Crippen LogP contribution in [0.25, 0.3) is 0 Å². The van der Waals surface area contributed by atoms with Gasteiger partial charge < -0.3 is 25.2 Å². The van der Waals surface area contributed by atoms with Gasteiger partial charge in [0.15, 0.2) is 5.96 Å². The lowest BCUT2D eigenvalue weighted by molar-refractivity contribution is 0.140. The standard InChI is InChI=1S/C23H39N3O3.HI/c1-5-23(6-2,11-12-27)17-26-22(24-7-3)25-15-19-9-8-18(4)14-21(19)29-20-10-13-28-16-20;/h8-9,14,20,27H,5-7,10-13,15-17H2,1-4H3,(H2,24,25,26);1H. The summed E-state index contributed by atoms with van der Waals surface area (Å²) in [4.78, 5) is 4.80. The van der Waals surface area contributed by atoms with E-state index in [-0.39, 0.29) is 42.1 Å². The second-order valence-corrected chi connectivity index (χ2v) is 7.94. The van der Waals surface area contributed by atoms with Crippen LogP contribution in [0.1, 0.15) is 57.6 Å². The third kappa shape index (κ3) is 8.23. The minimum atomic E-state index is 0. The number of benzene rings is 1. The Labute approximate surface area is 199 Å². The zero-order valence-electron chi connectivity index (χ0n) is 19.0. The Morgan fingerprint density at radius 2 is 2.03 bits per heavy atom. The highest BCUT2D eigenvalue weighted by Crippen LogP contribution is 2.29. The van der Waals surface area contributed by atoms with E-state index in [4.69, 9.17) is 14.5 Å². The fourth-order valence-electron chi connectivity index (χ4n) is 3.64. The summed E-state index contributed by atoms with van der Waals surface area (Å²) in [6, 6.07) is 6.29. The van der Waals surface area contributed by atoms with Crippen molar-refractivity contribution in [1.29, 1.82) is 0 Å². The molecule has 0 radical (unpaired) electrons. The Morgan fingerprint density at radius 1 is 1.27 bits per heavy atom. The Morgan fingerprint density at radius 3 is 2.63 bits per heavy atom. The van der Waals surface area contributed by atoms with Crippen LogP contribution in [0.3, 0.4) is 0 Å². The summed E-state index contributed by atoms with van der Waals surface area (Å²) in [7, 11) is 0. The summed E-state index contributed by atoms with van der Waals surface area (Å²) >= 11 is 0. The summed E-state index contributed by atoms with van der Waals surface area (Å²) in [5, 5.41) is 16.3. The van der Waals surface area contributed by atoms with Crippen molar-refractivity contribution in [1.82, 2.24) is 10.6 Å². The first-order valence-electron chi connectivity index (χ1n) is 11.0. The van der Waals surface area contributed by atoms with Gasteiger partial charge in [-0.05, 0) is 50.2 Å². The summed E-state index contributed by atoms with van der Waals surface area (Å²) < 4.78 is 11.6. The van der Waals surface area contributed by atoms with E-state index < -0.39 is 0 Å². The Hall–Kier alpha value is -1.06. The average Bonchev–Trinajstić information content (AvgIpc) is 3.23. The summed E-state index contributed by atoms with van der Waals surface area (Å²) in [5.74, 6) is 1.70. The molecule has 0 aromatic heterocycles. The van der Waals surface area contributed by atoms with Gasteiger partial charge in [0.2, 0.25) is 0 Å². The largest absolute Gasteiger partial charge is 0.488 e. The van der Waals surface area contributed by atoms with E-state index >= 15 is 0 Å². The molecule has 1 aromatic rings. The van der Waals surface area contributed by atoms with Gasteiger partial charge in [0.05, 0.1) is 19.8 Å². The van der Waals surface area contributed by atoms with Crippen LogP contribution in [-0.2, 0) is 11.3 Å². The number of hydrogen-bond donors (Lipinski definition) is 3. The molecule has 3 N–H and O–H groups in total. The Balaban J connectivity index is 0.00000450. The van der Waals surface area contributed by atoms with Crippen LogP contribution in [-0.4, -0.2) is 50.1 Å². The number of aliphatic hydroxyl groups excluding tert-OH is 1. The summed E-state index contributed by atoms with van der Waals surface area (Å²) in [6.07, 6.45) is 3.90. The van der Waals surface area contributed by atoms with Crippen LogP contribution in [0.4, 0.5) is 0 Å². The molecule has 7 heteroatoms. The molecule has 1 aromatic carbocycles. The number of halogens is 1. The molecule has 0 amide bonds. The normalized spacial score (nSPS) is 16.8. The van der Waals surface area contributed by atoms with Crippen molar-refractivity contribution < 1.29 is 14.6 Å². The zero-order valence-corrected chi connectivity index (χ0v) is 21.3. The van der Waals surface area contributed by atoms with Crippen molar-refractivity contribution >= 4 is 29.9 Å². The van der Waals surface area contributed by atoms with E-state index in [1.807, 2.05) is 0 Å². The highest BCUT2D eigenvalue weighted by molar-refractivity contribution is 14.0. The van der Waals surface area contributed by atoms with Gasteiger partial charge in [0.25, 0.3) is 0 Å². The highest BCUT2D eigenvalue weighted by atomic mass is 127. The Kier molecular flexibility index (Phi) is 12.7. The number of hydrogen-bond acceptors (Lipinski definition) is 4. The van der Waals surface area contributed by atoms with E-state index in [0.29, 0.717) is 13.2 Å². The molecule has 2 rings (SSSR count). The van der Waals surface area contributed by atoms with Gasteiger partial charge in [-0.25, -0.2) is 4.99 Å². The first-order chi connectivity index (χ1) is 14.1. The average molecular weight is 533 g/mol. The molecule has 6 nitrogen and oxygen atoms in total. The van der Waals surface area contributed by atoms with Gasteiger partial charge in [0.1, 0.15) is 11.9 Å². The quantitative estimate of drug-likeness (QED) is 0.228. The number of nitrogens with one attached hydrogen (secondary N) is 2. The monoisotopic (exact) mass is 533 g/mol. The van der Waals surface area contributed by atoms with Gasteiger partial charge in [0, 0.05) is 31.7 Å². The van der Waals surface area contributed by atoms with Crippen molar-refractivity contribution in [2.24, 2.45) is 10.4 Å². The van der Waals surface area contributed by atoms with Crippen molar-refractivity contribution in [3.05, 3.63) is 29.3 Å². The second kappa shape index (κ2) is 14.1. The van der Waals surface area contributed by atoms with Crippen LogP contribution in [0.2, 0.25) is 0 Å². The van der Waals surface area contributed by atoms with Crippen molar-refractivity contribution in [2.75, 3.05) is 32.9 Å². The molecule has 1 aliphatic heterocycles. The van der Waals surface area contributed by atoms with E-state index in [1.54, 1.807) is 0 Å².